The van der Waals surface area contributed by atoms with Crippen molar-refractivity contribution in [3.05, 3.63) is 70.7 Å². The van der Waals surface area contributed by atoms with Crippen molar-refractivity contribution in [2.45, 2.75) is 30.8 Å². The number of hydrogen-bond donors (Lipinski definition) is 3. The van der Waals surface area contributed by atoms with Gasteiger partial charge in [-0.25, -0.2) is 4.98 Å². The second-order valence-corrected chi connectivity index (χ2v) is 9.90. The number of amides is 2. The molecule has 2 aliphatic rings. The van der Waals surface area contributed by atoms with Crippen LogP contribution in [0.25, 0.3) is 10.6 Å². The molecule has 176 valence electrons. The van der Waals surface area contributed by atoms with Gasteiger partial charge in [-0.05, 0) is 35.2 Å². The number of hydrogen-bond acceptors (Lipinski definition) is 6. The molecule has 0 aliphatic carbocycles. The molecular weight excluding hydrogens is 448 g/mol. The fourth-order valence-electron chi connectivity index (χ4n) is 5.08. The van der Waals surface area contributed by atoms with Crippen LogP contribution in [0.4, 0.5) is 5.69 Å². The molecule has 3 N–H and O–H groups in total. The van der Waals surface area contributed by atoms with E-state index >= 15 is 0 Å². The van der Waals surface area contributed by atoms with Crippen LogP contribution in [0.1, 0.15) is 34.9 Å². The Hall–Kier alpha value is -3.07. The van der Waals surface area contributed by atoms with Crippen molar-refractivity contribution < 1.29 is 14.7 Å². The number of nitrogens with zero attached hydrogens (tertiary/aromatic N) is 2. The molecular formula is C26H28N4O3S. The highest BCUT2D eigenvalue weighted by molar-refractivity contribution is 7.13. The van der Waals surface area contributed by atoms with Crippen LogP contribution in [0.15, 0.2) is 54.0 Å². The van der Waals surface area contributed by atoms with Crippen LogP contribution in [-0.4, -0.2) is 59.6 Å². The fraction of sp³-hybridized carbons (Fsp3) is 0.346. The molecule has 2 aliphatic heterocycles. The zero-order valence-corrected chi connectivity index (χ0v) is 19.8. The Morgan fingerprint density at radius 3 is 2.91 bits per heavy atom. The van der Waals surface area contributed by atoms with Gasteiger partial charge in [0.05, 0.1) is 18.4 Å². The van der Waals surface area contributed by atoms with Crippen molar-refractivity contribution in [2.75, 3.05) is 32.0 Å². The fourth-order valence-corrected chi connectivity index (χ4v) is 5.71. The Labute approximate surface area is 202 Å². The number of carbonyl (C=O) groups is 2. The van der Waals surface area contributed by atoms with E-state index in [1.165, 1.54) is 0 Å². The van der Waals surface area contributed by atoms with E-state index in [9.17, 15) is 14.7 Å². The smallest absolute Gasteiger partial charge is 0.228 e. The van der Waals surface area contributed by atoms with Gasteiger partial charge in [-0.15, -0.1) is 11.3 Å². The average molecular weight is 477 g/mol. The molecule has 2 amide bonds. The molecule has 34 heavy (non-hydrogen) atoms. The predicted octanol–water partition coefficient (Wildman–Crippen LogP) is 2.98. The van der Waals surface area contributed by atoms with E-state index in [4.69, 9.17) is 0 Å². The van der Waals surface area contributed by atoms with E-state index in [0.717, 1.165) is 45.9 Å². The number of aliphatic hydroxyl groups excluding tert-OH is 1. The number of fused-ring (bicyclic) bond motifs is 1. The lowest BCUT2D eigenvalue weighted by atomic mass is 9.79. The number of aromatic nitrogens is 1. The highest BCUT2D eigenvalue weighted by atomic mass is 32.1. The molecule has 8 heteroatoms. The van der Waals surface area contributed by atoms with Crippen molar-refractivity contribution in [1.82, 2.24) is 15.2 Å². The summed E-state index contributed by atoms with van der Waals surface area (Å²) in [6, 6.07) is 14.1. The first-order valence-corrected chi connectivity index (χ1v) is 12.4. The lowest BCUT2D eigenvalue weighted by Crippen LogP contribution is -2.36. The lowest BCUT2D eigenvalue weighted by molar-refractivity contribution is -0.122. The Morgan fingerprint density at radius 2 is 2.18 bits per heavy atom. The SMILES string of the molecule is CNC(=O)C(c1ccc2c(c1)NC(=O)C2)[C@H](CN1CC[C@H](O)C1)c1cccc(-c2nccs2)c1. The molecule has 0 bridgehead atoms. The van der Waals surface area contributed by atoms with E-state index in [1.54, 1.807) is 24.6 Å². The first-order valence-electron chi connectivity index (χ1n) is 11.6. The zero-order valence-electron chi connectivity index (χ0n) is 19.0. The summed E-state index contributed by atoms with van der Waals surface area (Å²) in [5, 5.41) is 18.8. The van der Waals surface area contributed by atoms with Gasteiger partial charge in [-0.2, -0.15) is 0 Å². The summed E-state index contributed by atoms with van der Waals surface area (Å²) >= 11 is 1.58. The monoisotopic (exact) mass is 476 g/mol. The maximum atomic E-state index is 13.4. The van der Waals surface area contributed by atoms with Crippen LogP contribution in [0.2, 0.25) is 0 Å². The topological polar surface area (TPSA) is 94.6 Å². The summed E-state index contributed by atoms with van der Waals surface area (Å²) < 4.78 is 0. The van der Waals surface area contributed by atoms with Gasteiger partial charge in [-0.1, -0.05) is 30.3 Å². The van der Waals surface area contributed by atoms with Crippen LogP contribution in [0.5, 0.6) is 0 Å². The summed E-state index contributed by atoms with van der Waals surface area (Å²) in [7, 11) is 1.66. The molecule has 7 nitrogen and oxygen atoms in total. The second-order valence-electron chi connectivity index (χ2n) is 9.00. The van der Waals surface area contributed by atoms with Crippen LogP contribution in [-0.2, 0) is 16.0 Å². The molecule has 0 saturated carbocycles. The Morgan fingerprint density at radius 1 is 1.29 bits per heavy atom. The number of anilines is 1. The molecule has 0 radical (unpaired) electrons. The molecule has 1 fully saturated rings. The van der Waals surface area contributed by atoms with E-state index in [2.05, 4.69) is 32.7 Å². The third-order valence-electron chi connectivity index (χ3n) is 6.75. The van der Waals surface area contributed by atoms with E-state index in [0.29, 0.717) is 19.5 Å². The van der Waals surface area contributed by atoms with Gasteiger partial charge >= 0.3 is 0 Å². The third kappa shape index (κ3) is 4.61. The lowest BCUT2D eigenvalue weighted by Gasteiger charge is -2.31. The Balaban J connectivity index is 1.57. The van der Waals surface area contributed by atoms with Crippen LogP contribution in [0, 0.1) is 0 Å². The van der Waals surface area contributed by atoms with Gasteiger partial charge in [-0.3, -0.25) is 9.59 Å². The first kappa shape index (κ1) is 22.7. The van der Waals surface area contributed by atoms with Gasteiger partial charge in [0.1, 0.15) is 5.01 Å². The average Bonchev–Trinajstić information content (AvgIpc) is 3.59. The van der Waals surface area contributed by atoms with Crippen LogP contribution < -0.4 is 10.6 Å². The molecule has 0 spiro atoms. The molecule has 3 atom stereocenters. The minimum atomic E-state index is -0.461. The molecule has 5 rings (SSSR count). The van der Waals surface area contributed by atoms with Crippen molar-refractivity contribution >= 4 is 28.8 Å². The van der Waals surface area contributed by atoms with E-state index in [-0.39, 0.29) is 23.8 Å². The van der Waals surface area contributed by atoms with Crippen molar-refractivity contribution in [3.8, 4) is 10.6 Å². The normalized spacial score (nSPS) is 19.5. The standard InChI is InChI=1S/C26H28N4O3S/c1-27-25(33)24(18-6-5-17-13-23(32)29-22(17)12-18)21(15-30-9-7-20(31)14-30)16-3-2-4-19(11-16)26-28-8-10-34-26/h2-6,8,10-12,20-21,24,31H,7,9,13-15H2,1H3,(H,27,33)(H,29,32)/t20-,21+,24?/m0/s1. The highest BCUT2D eigenvalue weighted by Crippen LogP contribution is 2.39. The van der Waals surface area contributed by atoms with Gasteiger partial charge in [0.25, 0.3) is 0 Å². The first-order chi connectivity index (χ1) is 16.5. The van der Waals surface area contributed by atoms with Crippen molar-refractivity contribution in [3.63, 3.8) is 0 Å². The zero-order chi connectivity index (χ0) is 23.7. The maximum absolute atomic E-state index is 13.4. The van der Waals surface area contributed by atoms with Gasteiger partial charge in [0, 0.05) is 55.4 Å². The second kappa shape index (κ2) is 9.66. The molecule has 3 aromatic rings. The summed E-state index contributed by atoms with van der Waals surface area (Å²) in [5.41, 5.74) is 4.67. The summed E-state index contributed by atoms with van der Waals surface area (Å²) in [4.78, 5) is 32.0. The number of aliphatic hydroxyl groups is 1. The molecule has 3 heterocycles. The number of nitrogens with one attached hydrogen (secondary N) is 2. The number of benzene rings is 2. The minimum Gasteiger partial charge on any atom is -0.392 e. The highest BCUT2D eigenvalue weighted by Gasteiger charge is 2.35. The maximum Gasteiger partial charge on any atom is 0.228 e. The molecule has 1 aromatic heterocycles. The quantitative estimate of drug-likeness (QED) is 0.487. The van der Waals surface area contributed by atoms with Crippen LogP contribution >= 0.6 is 11.3 Å². The van der Waals surface area contributed by atoms with Crippen molar-refractivity contribution in [1.29, 1.82) is 0 Å². The summed E-state index contributed by atoms with van der Waals surface area (Å²) in [5.74, 6) is -0.714. The Kier molecular flexibility index (Phi) is 6.45. The number of β-amino-alcohol motifs (C(OH)–C–C–N with tert-alkyl or cyclic N) is 1. The van der Waals surface area contributed by atoms with E-state index < -0.39 is 5.92 Å². The minimum absolute atomic E-state index is 0.0256. The number of thiazole rings is 1. The summed E-state index contributed by atoms with van der Waals surface area (Å²) in [6.07, 6.45) is 2.56. The summed E-state index contributed by atoms with van der Waals surface area (Å²) in [6.45, 7) is 2.04. The van der Waals surface area contributed by atoms with Crippen LogP contribution in [0.3, 0.4) is 0 Å². The van der Waals surface area contributed by atoms with E-state index in [1.807, 2.05) is 35.7 Å². The molecule has 2 aromatic carbocycles. The van der Waals surface area contributed by atoms with Gasteiger partial charge in [0.15, 0.2) is 0 Å². The number of carbonyl (C=O) groups excluding carboxylic acids is 2. The van der Waals surface area contributed by atoms with Crippen molar-refractivity contribution in [2.24, 2.45) is 0 Å². The molecule has 1 saturated heterocycles. The number of rotatable bonds is 7. The largest absolute Gasteiger partial charge is 0.392 e. The Bertz CT molecular complexity index is 1200. The molecule has 1 unspecified atom stereocenters. The number of likely N-dealkylation sites (tertiary alicyclic amines) is 1. The number of likely N-dealkylation sites (N-methyl/N-ethyl adjacent to an activating group) is 1. The third-order valence-corrected chi connectivity index (χ3v) is 7.57. The predicted molar refractivity (Wildman–Crippen MR) is 133 cm³/mol. The van der Waals surface area contributed by atoms with Gasteiger partial charge in [0.2, 0.25) is 11.8 Å². The van der Waals surface area contributed by atoms with Gasteiger partial charge < -0.3 is 20.6 Å².